The summed E-state index contributed by atoms with van der Waals surface area (Å²) in [5, 5.41) is 0.524. The van der Waals surface area contributed by atoms with Crippen molar-refractivity contribution in [3.8, 4) is 5.69 Å². The molecule has 5 nitrogen and oxygen atoms in total. The predicted molar refractivity (Wildman–Crippen MR) is 99.9 cm³/mol. The van der Waals surface area contributed by atoms with E-state index in [2.05, 4.69) is 9.97 Å². The summed E-state index contributed by atoms with van der Waals surface area (Å²) in [7, 11) is 1.73. The topological polar surface area (TPSA) is 52.7 Å². The van der Waals surface area contributed by atoms with Crippen LogP contribution in [0.2, 0.25) is 5.02 Å². The number of alkyl halides is 3. The number of halogens is 4. The lowest BCUT2D eigenvalue weighted by atomic mass is 9.81. The van der Waals surface area contributed by atoms with E-state index in [-0.39, 0.29) is 29.8 Å². The lowest BCUT2D eigenvalue weighted by Crippen LogP contribution is -2.31. The minimum atomic E-state index is -4.18. The molecule has 0 saturated heterocycles. The monoisotopic (exact) mass is 410 g/mol. The highest BCUT2D eigenvalue weighted by atomic mass is 35.5. The van der Waals surface area contributed by atoms with Gasteiger partial charge >= 0.3 is 6.18 Å². The molecule has 0 atom stereocenters. The van der Waals surface area contributed by atoms with Crippen molar-refractivity contribution in [3.63, 3.8) is 0 Å². The molecule has 0 unspecified atom stereocenters. The third-order valence-corrected chi connectivity index (χ3v) is 5.65. The van der Waals surface area contributed by atoms with Crippen LogP contribution in [0.5, 0.6) is 0 Å². The maximum atomic E-state index is 13.1. The average Bonchev–Trinajstić information content (AvgIpc) is 3.03. The van der Waals surface area contributed by atoms with E-state index in [1.165, 1.54) is 10.9 Å². The first-order valence-corrected chi connectivity index (χ1v) is 9.40. The van der Waals surface area contributed by atoms with Crippen molar-refractivity contribution in [2.75, 3.05) is 0 Å². The Balaban J connectivity index is 1.83. The molecule has 148 valence electrons. The van der Waals surface area contributed by atoms with Crippen LogP contribution in [0.3, 0.4) is 0 Å². The van der Waals surface area contributed by atoms with E-state index in [4.69, 9.17) is 11.6 Å². The predicted octanol–water partition coefficient (Wildman–Crippen LogP) is 4.61. The number of hydrogen-bond donors (Lipinski definition) is 0. The number of nitrogens with zero attached hydrogens (tertiary/aromatic N) is 4. The van der Waals surface area contributed by atoms with Crippen molar-refractivity contribution in [1.29, 1.82) is 0 Å². The lowest BCUT2D eigenvalue weighted by molar-refractivity contribution is -0.182. The Morgan fingerprint density at radius 3 is 2.36 bits per heavy atom. The zero-order valence-corrected chi connectivity index (χ0v) is 15.8. The number of benzene rings is 1. The van der Waals surface area contributed by atoms with Gasteiger partial charge in [-0.3, -0.25) is 9.36 Å². The van der Waals surface area contributed by atoms with E-state index in [9.17, 15) is 18.0 Å². The SMILES string of the molecule is Cn1cnc2c(=O)n(-c3ccc(Cl)cc3)c(C3CCC(C(F)(F)F)CC3)nc21. The maximum absolute atomic E-state index is 13.1. The summed E-state index contributed by atoms with van der Waals surface area (Å²) in [6.45, 7) is 0. The fourth-order valence-corrected chi connectivity index (χ4v) is 3.99. The van der Waals surface area contributed by atoms with Crippen LogP contribution >= 0.6 is 11.6 Å². The highest BCUT2D eigenvalue weighted by Gasteiger charge is 2.42. The first-order valence-electron chi connectivity index (χ1n) is 9.02. The number of aryl methyl sites for hydroxylation is 1. The number of hydrogen-bond acceptors (Lipinski definition) is 3. The zero-order chi connectivity index (χ0) is 20.1. The second kappa shape index (κ2) is 6.92. The van der Waals surface area contributed by atoms with Gasteiger partial charge in [-0.2, -0.15) is 13.2 Å². The quantitative estimate of drug-likeness (QED) is 0.620. The van der Waals surface area contributed by atoms with Gasteiger partial charge in [0.15, 0.2) is 11.2 Å². The number of rotatable bonds is 2. The maximum Gasteiger partial charge on any atom is 0.391 e. The normalized spacial score (nSPS) is 20.6. The van der Waals surface area contributed by atoms with E-state index >= 15 is 0 Å². The highest BCUT2D eigenvalue weighted by Crippen LogP contribution is 2.42. The standard InChI is InChI=1S/C19H18ClF3N4O/c1-26-10-24-15-17(26)25-16(11-2-4-12(5-3-11)19(21,22)23)27(18(15)28)14-8-6-13(20)7-9-14/h6-12H,2-5H2,1H3. The molecular formula is C19H18ClF3N4O. The molecule has 0 radical (unpaired) electrons. The Kier molecular flexibility index (Phi) is 4.69. The van der Waals surface area contributed by atoms with E-state index in [0.717, 1.165) is 0 Å². The molecule has 1 aromatic carbocycles. The minimum absolute atomic E-state index is 0.0358. The first-order chi connectivity index (χ1) is 13.3. The van der Waals surface area contributed by atoms with Crippen LogP contribution in [0.4, 0.5) is 13.2 Å². The lowest BCUT2D eigenvalue weighted by Gasteiger charge is -2.30. The van der Waals surface area contributed by atoms with Gasteiger partial charge in [0.25, 0.3) is 5.56 Å². The molecule has 2 heterocycles. The first kappa shape index (κ1) is 19.0. The van der Waals surface area contributed by atoms with Crippen molar-refractivity contribution in [3.05, 3.63) is 51.8 Å². The van der Waals surface area contributed by atoms with Gasteiger partial charge < -0.3 is 4.57 Å². The van der Waals surface area contributed by atoms with Crippen molar-refractivity contribution in [1.82, 2.24) is 19.1 Å². The molecule has 0 amide bonds. The Morgan fingerprint density at radius 1 is 1.11 bits per heavy atom. The summed E-state index contributed by atoms with van der Waals surface area (Å²) < 4.78 is 42.2. The van der Waals surface area contributed by atoms with E-state index in [1.54, 1.807) is 35.9 Å². The Hall–Kier alpha value is -2.35. The van der Waals surface area contributed by atoms with Crippen LogP contribution in [-0.2, 0) is 7.05 Å². The molecule has 1 saturated carbocycles. The Labute approximate surface area is 163 Å². The van der Waals surface area contributed by atoms with Gasteiger partial charge in [-0.1, -0.05) is 11.6 Å². The van der Waals surface area contributed by atoms with Crippen molar-refractivity contribution < 1.29 is 13.2 Å². The number of fused-ring (bicyclic) bond motifs is 1. The summed E-state index contributed by atoms with van der Waals surface area (Å²) >= 11 is 5.96. The molecule has 28 heavy (non-hydrogen) atoms. The van der Waals surface area contributed by atoms with Crippen LogP contribution in [-0.4, -0.2) is 25.3 Å². The van der Waals surface area contributed by atoms with Crippen LogP contribution < -0.4 is 5.56 Å². The third-order valence-electron chi connectivity index (χ3n) is 5.40. The largest absolute Gasteiger partial charge is 0.391 e. The number of aromatic nitrogens is 4. The van der Waals surface area contributed by atoms with E-state index in [1.807, 2.05) is 0 Å². The Morgan fingerprint density at radius 2 is 1.75 bits per heavy atom. The van der Waals surface area contributed by atoms with E-state index < -0.39 is 12.1 Å². The fraction of sp³-hybridized carbons (Fsp3) is 0.421. The van der Waals surface area contributed by atoms with Gasteiger partial charge in [0.1, 0.15) is 5.82 Å². The molecule has 3 aromatic rings. The van der Waals surface area contributed by atoms with Crippen molar-refractivity contribution in [2.45, 2.75) is 37.8 Å². The smallest absolute Gasteiger partial charge is 0.318 e. The summed E-state index contributed by atoms with van der Waals surface area (Å²) in [6, 6.07) is 6.72. The molecular weight excluding hydrogens is 393 g/mol. The van der Waals surface area contributed by atoms with Crippen molar-refractivity contribution in [2.24, 2.45) is 13.0 Å². The Bertz CT molecular complexity index is 1060. The van der Waals surface area contributed by atoms with Crippen LogP contribution in [0.25, 0.3) is 16.9 Å². The summed E-state index contributed by atoms with van der Waals surface area (Å²) in [6.07, 6.45) is -1.95. The summed E-state index contributed by atoms with van der Waals surface area (Å²) in [4.78, 5) is 21.9. The van der Waals surface area contributed by atoms with Gasteiger partial charge in [-0.05, 0) is 49.9 Å². The second-order valence-corrected chi connectivity index (χ2v) is 7.64. The third kappa shape index (κ3) is 3.30. The molecule has 0 aliphatic heterocycles. The molecule has 0 spiro atoms. The molecule has 0 N–H and O–H groups in total. The molecule has 1 fully saturated rings. The average molecular weight is 411 g/mol. The summed E-state index contributed by atoms with van der Waals surface area (Å²) in [5.74, 6) is -1.05. The zero-order valence-electron chi connectivity index (χ0n) is 15.1. The van der Waals surface area contributed by atoms with Gasteiger partial charge in [0, 0.05) is 18.0 Å². The summed E-state index contributed by atoms with van der Waals surface area (Å²) in [5.41, 5.74) is 0.900. The second-order valence-electron chi connectivity index (χ2n) is 7.20. The molecule has 2 aromatic heterocycles. The molecule has 4 rings (SSSR count). The van der Waals surface area contributed by atoms with Crippen LogP contribution in [0, 0.1) is 5.92 Å². The van der Waals surface area contributed by atoms with Crippen LogP contribution in [0.1, 0.15) is 37.4 Å². The molecule has 1 aliphatic rings. The van der Waals surface area contributed by atoms with Gasteiger partial charge in [-0.25, -0.2) is 9.97 Å². The van der Waals surface area contributed by atoms with Gasteiger partial charge in [-0.15, -0.1) is 0 Å². The molecule has 9 heteroatoms. The van der Waals surface area contributed by atoms with Crippen molar-refractivity contribution >= 4 is 22.8 Å². The van der Waals surface area contributed by atoms with Crippen LogP contribution in [0.15, 0.2) is 35.4 Å². The molecule has 0 bridgehead atoms. The minimum Gasteiger partial charge on any atom is -0.318 e. The highest BCUT2D eigenvalue weighted by molar-refractivity contribution is 6.30. The number of imidazole rings is 1. The fourth-order valence-electron chi connectivity index (χ4n) is 3.87. The van der Waals surface area contributed by atoms with Gasteiger partial charge in [0.05, 0.1) is 17.9 Å². The van der Waals surface area contributed by atoms with Gasteiger partial charge in [0.2, 0.25) is 0 Å². The van der Waals surface area contributed by atoms with E-state index in [0.29, 0.717) is 35.0 Å². The molecule has 1 aliphatic carbocycles.